The molecule has 0 saturated carbocycles. The van der Waals surface area contributed by atoms with E-state index in [2.05, 4.69) is 5.43 Å². The molecule has 1 atom stereocenters. The van der Waals surface area contributed by atoms with Gasteiger partial charge in [0.05, 0.1) is 6.61 Å². The van der Waals surface area contributed by atoms with Crippen molar-refractivity contribution in [1.29, 1.82) is 0 Å². The third kappa shape index (κ3) is 3.57. The third-order valence-corrected chi connectivity index (χ3v) is 3.15. The first-order chi connectivity index (χ1) is 7.69. The van der Waals surface area contributed by atoms with Gasteiger partial charge in [-0.3, -0.25) is 15.1 Å². The number of nitrogens with zero attached hydrogens (tertiary/aromatic N) is 1. The van der Waals surface area contributed by atoms with Crippen molar-refractivity contribution in [2.45, 2.75) is 12.6 Å². The summed E-state index contributed by atoms with van der Waals surface area (Å²) in [5.41, 5.74) is 2.15. The van der Waals surface area contributed by atoms with Crippen LogP contribution in [-0.2, 0) is 16.1 Å². The maximum absolute atomic E-state index is 11.5. The molecule has 0 aliphatic rings. The van der Waals surface area contributed by atoms with Crippen molar-refractivity contribution in [3.8, 4) is 0 Å². The van der Waals surface area contributed by atoms with E-state index in [4.69, 9.17) is 10.6 Å². The zero-order valence-corrected chi connectivity index (χ0v) is 10.3. The number of amides is 1. The molecule has 1 aromatic rings. The van der Waals surface area contributed by atoms with E-state index < -0.39 is 0 Å². The van der Waals surface area contributed by atoms with Crippen molar-refractivity contribution in [1.82, 2.24) is 10.3 Å². The Hall–Kier alpha value is -0.950. The molecule has 90 valence electrons. The summed E-state index contributed by atoms with van der Waals surface area (Å²) in [7, 11) is 3.44. The number of nitrogens with two attached hydrogens (primary N) is 1. The van der Waals surface area contributed by atoms with Gasteiger partial charge in [0.25, 0.3) is 5.91 Å². The normalized spacial score (nSPS) is 12.8. The summed E-state index contributed by atoms with van der Waals surface area (Å²) in [4.78, 5) is 14.6. The number of likely N-dealkylation sites (N-methyl/N-ethyl adjacent to an activating group) is 1. The highest BCUT2D eigenvalue weighted by Gasteiger charge is 2.22. The lowest BCUT2D eigenvalue weighted by Crippen LogP contribution is -2.49. The summed E-state index contributed by atoms with van der Waals surface area (Å²) in [5.74, 6) is 4.90. The predicted molar refractivity (Wildman–Crippen MR) is 63.8 cm³/mol. The number of hydrazine groups is 1. The lowest BCUT2D eigenvalue weighted by Gasteiger charge is -2.25. The molecule has 1 heterocycles. The van der Waals surface area contributed by atoms with Gasteiger partial charge in [0.1, 0.15) is 6.04 Å². The Morgan fingerprint density at radius 3 is 3.00 bits per heavy atom. The topological polar surface area (TPSA) is 67.6 Å². The molecule has 0 fully saturated rings. The quantitative estimate of drug-likeness (QED) is 0.425. The van der Waals surface area contributed by atoms with Crippen LogP contribution in [0, 0.1) is 0 Å². The van der Waals surface area contributed by atoms with Crippen molar-refractivity contribution in [2.24, 2.45) is 5.84 Å². The van der Waals surface area contributed by atoms with E-state index >= 15 is 0 Å². The Labute approximate surface area is 99.2 Å². The van der Waals surface area contributed by atoms with Gasteiger partial charge in [0.15, 0.2) is 0 Å². The molecule has 0 aliphatic heterocycles. The second kappa shape index (κ2) is 6.59. The van der Waals surface area contributed by atoms with Gasteiger partial charge in [-0.1, -0.05) is 6.07 Å². The van der Waals surface area contributed by atoms with Crippen molar-refractivity contribution in [3.05, 3.63) is 22.4 Å². The Kier molecular flexibility index (Phi) is 5.41. The molecule has 6 heteroatoms. The fourth-order valence-corrected chi connectivity index (χ4v) is 2.18. The standard InChI is InChI=1S/C10H17N3O2S/c1-13(6-8-4-3-5-16-8)9(7-15-2)10(14)12-11/h3-5,9H,6-7,11H2,1-2H3,(H,12,14). The minimum atomic E-state index is -0.364. The highest BCUT2D eigenvalue weighted by atomic mass is 32.1. The van der Waals surface area contributed by atoms with Crippen LogP contribution in [0.25, 0.3) is 0 Å². The molecule has 5 nitrogen and oxygen atoms in total. The summed E-state index contributed by atoms with van der Waals surface area (Å²) in [6.45, 7) is 1.03. The van der Waals surface area contributed by atoms with Gasteiger partial charge in [0, 0.05) is 18.5 Å². The minimum absolute atomic E-state index is 0.235. The summed E-state index contributed by atoms with van der Waals surface area (Å²) >= 11 is 1.66. The molecule has 1 rings (SSSR count). The van der Waals surface area contributed by atoms with Crippen molar-refractivity contribution >= 4 is 17.2 Å². The molecule has 16 heavy (non-hydrogen) atoms. The largest absolute Gasteiger partial charge is 0.383 e. The van der Waals surface area contributed by atoms with Gasteiger partial charge in [-0.2, -0.15) is 0 Å². The number of thiophene rings is 1. The lowest BCUT2D eigenvalue weighted by atomic mass is 10.2. The number of methoxy groups -OCH3 is 1. The van der Waals surface area contributed by atoms with Crippen LogP contribution in [0.4, 0.5) is 0 Å². The van der Waals surface area contributed by atoms with Crippen molar-refractivity contribution in [2.75, 3.05) is 20.8 Å². The predicted octanol–water partition coefficient (Wildman–Crippen LogP) is 0.185. The molecular formula is C10H17N3O2S. The molecule has 0 bridgehead atoms. The van der Waals surface area contributed by atoms with Gasteiger partial charge >= 0.3 is 0 Å². The molecule has 1 aromatic heterocycles. The third-order valence-electron chi connectivity index (χ3n) is 2.29. The molecule has 1 amide bonds. The highest BCUT2D eigenvalue weighted by molar-refractivity contribution is 7.09. The number of rotatable bonds is 6. The summed E-state index contributed by atoms with van der Waals surface area (Å²) in [5, 5.41) is 2.01. The molecule has 0 spiro atoms. The Morgan fingerprint density at radius 1 is 1.75 bits per heavy atom. The number of nitrogens with one attached hydrogen (secondary N) is 1. The van der Waals surface area contributed by atoms with Crippen LogP contribution in [0.3, 0.4) is 0 Å². The second-order valence-corrected chi connectivity index (χ2v) is 4.51. The average Bonchev–Trinajstić information content (AvgIpc) is 2.77. The molecule has 0 radical (unpaired) electrons. The lowest BCUT2D eigenvalue weighted by molar-refractivity contribution is -0.128. The molecule has 3 N–H and O–H groups in total. The van der Waals surface area contributed by atoms with Crippen molar-refractivity contribution < 1.29 is 9.53 Å². The van der Waals surface area contributed by atoms with E-state index in [-0.39, 0.29) is 11.9 Å². The fraction of sp³-hybridized carbons (Fsp3) is 0.500. The van der Waals surface area contributed by atoms with Gasteiger partial charge < -0.3 is 4.74 Å². The van der Waals surface area contributed by atoms with E-state index in [1.54, 1.807) is 18.4 Å². The maximum atomic E-state index is 11.5. The van der Waals surface area contributed by atoms with E-state index in [1.807, 2.05) is 29.5 Å². The van der Waals surface area contributed by atoms with Crippen molar-refractivity contribution in [3.63, 3.8) is 0 Å². The van der Waals surface area contributed by atoms with E-state index in [0.717, 1.165) is 0 Å². The van der Waals surface area contributed by atoms with Crippen LogP contribution in [0.15, 0.2) is 17.5 Å². The Balaban J connectivity index is 2.59. The number of carbonyl (C=O) groups excluding carboxylic acids is 1. The summed E-state index contributed by atoms with van der Waals surface area (Å²) < 4.78 is 5.01. The van der Waals surface area contributed by atoms with E-state index in [0.29, 0.717) is 13.2 Å². The minimum Gasteiger partial charge on any atom is -0.383 e. The maximum Gasteiger partial charge on any atom is 0.253 e. The number of hydrogen-bond donors (Lipinski definition) is 2. The van der Waals surface area contributed by atoms with Gasteiger partial charge in [-0.05, 0) is 18.5 Å². The van der Waals surface area contributed by atoms with Crippen LogP contribution < -0.4 is 11.3 Å². The molecule has 0 aliphatic carbocycles. The number of ether oxygens (including phenoxy) is 1. The van der Waals surface area contributed by atoms with Crippen LogP contribution in [0.1, 0.15) is 4.88 Å². The van der Waals surface area contributed by atoms with Crippen LogP contribution in [0.5, 0.6) is 0 Å². The second-order valence-electron chi connectivity index (χ2n) is 3.47. The molecular weight excluding hydrogens is 226 g/mol. The Bertz CT molecular complexity index is 316. The molecule has 0 saturated heterocycles. The summed E-state index contributed by atoms with van der Waals surface area (Å²) in [6.07, 6.45) is 0. The monoisotopic (exact) mass is 243 g/mol. The highest BCUT2D eigenvalue weighted by Crippen LogP contribution is 2.12. The SMILES string of the molecule is COCC(C(=O)NN)N(C)Cc1cccs1. The smallest absolute Gasteiger partial charge is 0.253 e. The van der Waals surface area contributed by atoms with Crippen LogP contribution in [0.2, 0.25) is 0 Å². The first-order valence-electron chi connectivity index (χ1n) is 4.91. The number of carbonyl (C=O) groups is 1. The number of hydrogen-bond acceptors (Lipinski definition) is 5. The van der Waals surface area contributed by atoms with E-state index in [9.17, 15) is 4.79 Å². The zero-order valence-electron chi connectivity index (χ0n) is 9.47. The summed E-state index contributed by atoms with van der Waals surface area (Å²) in [6, 6.07) is 3.66. The first-order valence-corrected chi connectivity index (χ1v) is 5.79. The molecule has 1 unspecified atom stereocenters. The molecule has 0 aromatic carbocycles. The Morgan fingerprint density at radius 2 is 2.50 bits per heavy atom. The average molecular weight is 243 g/mol. The van der Waals surface area contributed by atoms with E-state index in [1.165, 1.54) is 4.88 Å². The van der Waals surface area contributed by atoms with Gasteiger partial charge in [-0.15, -0.1) is 11.3 Å². The fourth-order valence-electron chi connectivity index (χ4n) is 1.42. The van der Waals surface area contributed by atoms with Gasteiger partial charge in [-0.25, -0.2) is 5.84 Å². The zero-order chi connectivity index (χ0) is 12.0. The van der Waals surface area contributed by atoms with Gasteiger partial charge in [0.2, 0.25) is 0 Å². The first kappa shape index (κ1) is 13.1. The van der Waals surface area contributed by atoms with Crippen LogP contribution >= 0.6 is 11.3 Å². The van der Waals surface area contributed by atoms with Crippen LogP contribution in [-0.4, -0.2) is 37.6 Å².